The molecular weight excluding hydrogens is 272 g/mol. The number of hydrogen-bond donors (Lipinski definition) is 1. The number of hydrogen-bond acceptors (Lipinski definition) is 4. The number of amides is 1. The monoisotopic (exact) mass is 298 g/mol. The lowest BCUT2D eigenvalue weighted by Crippen LogP contribution is -2.51. The fraction of sp³-hybridized carbons (Fsp3) is 0.857. The quantitative estimate of drug-likeness (QED) is 0.756. The Morgan fingerprint density at radius 2 is 1.35 bits per heavy atom. The van der Waals surface area contributed by atoms with Crippen molar-refractivity contribution in [3.8, 4) is 0 Å². The second-order valence-corrected chi connectivity index (χ2v) is 6.34. The molecule has 0 bridgehead atoms. The average molecular weight is 298 g/mol. The summed E-state index contributed by atoms with van der Waals surface area (Å²) in [6.07, 6.45) is 4.85. The van der Waals surface area contributed by atoms with E-state index in [1.165, 1.54) is 12.8 Å². The smallest absolute Gasteiger partial charge is 0.236 e. The van der Waals surface area contributed by atoms with Crippen molar-refractivity contribution in [1.29, 1.82) is 0 Å². The summed E-state index contributed by atoms with van der Waals surface area (Å²) in [4.78, 5) is 19.4. The highest BCUT2D eigenvalue weighted by atomic mass is 32.1. The van der Waals surface area contributed by atoms with Gasteiger partial charge in [0.05, 0.1) is 11.5 Å². The van der Waals surface area contributed by atoms with E-state index in [9.17, 15) is 4.79 Å². The Balaban J connectivity index is 1.71. The van der Waals surface area contributed by atoms with E-state index in [1.54, 1.807) is 0 Å². The molecule has 6 heteroatoms. The Kier molecular flexibility index (Phi) is 6.19. The molecule has 2 saturated heterocycles. The van der Waals surface area contributed by atoms with Gasteiger partial charge in [-0.15, -0.1) is 0 Å². The van der Waals surface area contributed by atoms with E-state index in [2.05, 4.69) is 9.80 Å². The van der Waals surface area contributed by atoms with Crippen molar-refractivity contribution in [2.24, 2.45) is 5.73 Å². The first-order valence-corrected chi connectivity index (χ1v) is 8.07. The van der Waals surface area contributed by atoms with Crippen LogP contribution in [0.1, 0.15) is 25.7 Å². The maximum atomic E-state index is 12.3. The first kappa shape index (κ1) is 15.7. The van der Waals surface area contributed by atoms with Crippen LogP contribution in [0.5, 0.6) is 0 Å². The van der Waals surface area contributed by atoms with Gasteiger partial charge in [0.1, 0.15) is 0 Å². The zero-order chi connectivity index (χ0) is 14.4. The maximum Gasteiger partial charge on any atom is 0.236 e. The summed E-state index contributed by atoms with van der Waals surface area (Å²) in [6, 6.07) is 0. The molecule has 2 aliphatic rings. The highest BCUT2D eigenvalue weighted by Gasteiger charge is 2.22. The minimum Gasteiger partial charge on any atom is -0.392 e. The van der Waals surface area contributed by atoms with Crippen LogP contribution in [0.2, 0.25) is 0 Å². The number of nitrogens with two attached hydrogens (primary N) is 1. The van der Waals surface area contributed by atoms with Gasteiger partial charge in [0.2, 0.25) is 5.91 Å². The normalized spacial score (nSPS) is 22.5. The third-order valence-electron chi connectivity index (χ3n) is 4.16. The van der Waals surface area contributed by atoms with Gasteiger partial charge in [0.15, 0.2) is 0 Å². The lowest BCUT2D eigenvalue weighted by molar-refractivity contribution is -0.132. The SMILES string of the molecule is NC(=S)CN1CCN(CC(=O)N2CCCCCC2)CC1. The van der Waals surface area contributed by atoms with Crippen LogP contribution < -0.4 is 5.73 Å². The van der Waals surface area contributed by atoms with E-state index in [0.717, 1.165) is 52.1 Å². The Bertz CT molecular complexity index is 334. The van der Waals surface area contributed by atoms with Crippen molar-refractivity contribution in [2.45, 2.75) is 25.7 Å². The van der Waals surface area contributed by atoms with E-state index in [-0.39, 0.29) is 0 Å². The zero-order valence-corrected chi connectivity index (χ0v) is 13.0. The van der Waals surface area contributed by atoms with Gasteiger partial charge in [-0.1, -0.05) is 25.1 Å². The second kappa shape index (κ2) is 7.90. The van der Waals surface area contributed by atoms with Gasteiger partial charge in [-0.3, -0.25) is 14.6 Å². The molecule has 2 rings (SSSR count). The number of thiocarbonyl (C=S) groups is 1. The standard InChI is InChI=1S/C14H26N4OS/c15-13(20)11-16-7-9-17(10-8-16)12-14(19)18-5-3-1-2-4-6-18/h1-12H2,(H2,15,20). The summed E-state index contributed by atoms with van der Waals surface area (Å²) in [7, 11) is 0. The predicted molar refractivity (Wildman–Crippen MR) is 84.7 cm³/mol. The molecule has 114 valence electrons. The number of rotatable bonds is 4. The molecule has 0 unspecified atom stereocenters. The van der Waals surface area contributed by atoms with Gasteiger partial charge in [0.25, 0.3) is 0 Å². The lowest BCUT2D eigenvalue weighted by Gasteiger charge is -2.35. The van der Waals surface area contributed by atoms with E-state index in [4.69, 9.17) is 18.0 Å². The van der Waals surface area contributed by atoms with Crippen molar-refractivity contribution >= 4 is 23.1 Å². The lowest BCUT2D eigenvalue weighted by atomic mass is 10.2. The molecule has 2 fully saturated rings. The van der Waals surface area contributed by atoms with Crippen molar-refractivity contribution in [1.82, 2.24) is 14.7 Å². The maximum absolute atomic E-state index is 12.3. The molecule has 0 aliphatic carbocycles. The van der Waals surface area contributed by atoms with Gasteiger partial charge in [-0.25, -0.2) is 0 Å². The van der Waals surface area contributed by atoms with Crippen molar-refractivity contribution in [2.75, 3.05) is 52.4 Å². The summed E-state index contributed by atoms with van der Waals surface area (Å²) < 4.78 is 0. The van der Waals surface area contributed by atoms with Gasteiger partial charge in [-0.2, -0.15) is 0 Å². The number of piperazine rings is 1. The van der Waals surface area contributed by atoms with Gasteiger partial charge >= 0.3 is 0 Å². The third-order valence-corrected chi connectivity index (χ3v) is 4.29. The predicted octanol–water partition coefficient (Wildman–Crippen LogP) is 0.293. The molecule has 20 heavy (non-hydrogen) atoms. The van der Waals surface area contributed by atoms with Crippen LogP contribution in [0.15, 0.2) is 0 Å². The van der Waals surface area contributed by atoms with Crippen molar-refractivity contribution in [3.63, 3.8) is 0 Å². The minimum absolute atomic E-state index is 0.301. The largest absolute Gasteiger partial charge is 0.392 e. The van der Waals surface area contributed by atoms with Crippen LogP contribution in [0, 0.1) is 0 Å². The van der Waals surface area contributed by atoms with Gasteiger partial charge < -0.3 is 10.6 Å². The van der Waals surface area contributed by atoms with Crippen LogP contribution in [0.4, 0.5) is 0 Å². The van der Waals surface area contributed by atoms with Crippen LogP contribution in [0.25, 0.3) is 0 Å². The Labute approximate surface area is 127 Å². The van der Waals surface area contributed by atoms with E-state index >= 15 is 0 Å². The molecule has 0 aromatic carbocycles. The summed E-state index contributed by atoms with van der Waals surface area (Å²) in [5.74, 6) is 0.301. The Morgan fingerprint density at radius 1 is 0.850 bits per heavy atom. The number of carbonyl (C=O) groups is 1. The van der Waals surface area contributed by atoms with Crippen LogP contribution in [-0.2, 0) is 4.79 Å². The minimum atomic E-state index is 0.301. The summed E-state index contributed by atoms with van der Waals surface area (Å²) in [5, 5.41) is 0. The van der Waals surface area contributed by atoms with Gasteiger partial charge in [-0.05, 0) is 12.8 Å². The number of nitrogens with zero attached hydrogens (tertiary/aromatic N) is 3. The number of likely N-dealkylation sites (tertiary alicyclic amines) is 1. The van der Waals surface area contributed by atoms with Crippen LogP contribution in [0.3, 0.4) is 0 Å². The Morgan fingerprint density at radius 3 is 1.85 bits per heavy atom. The molecule has 2 N–H and O–H groups in total. The molecule has 0 atom stereocenters. The highest BCUT2D eigenvalue weighted by molar-refractivity contribution is 7.80. The summed E-state index contributed by atoms with van der Waals surface area (Å²) in [5.41, 5.74) is 5.57. The fourth-order valence-corrected chi connectivity index (χ4v) is 3.12. The van der Waals surface area contributed by atoms with E-state index in [0.29, 0.717) is 24.0 Å². The van der Waals surface area contributed by atoms with Crippen molar-refractivity contribution < 1.29 is 4.79 Å². The van der Waals surface area contributed by atoms with E-state index in [1.807, 2.05) is 4.90 Å². The zero-order valence-electron chi connectivity index (χ0n) is 12.2. The summed E-state index contributed by atoms with van der Waals surface area (Å²) in [6.45, 7) is 6.92. The van der Waals surface area contributed by atoms with Crippen LogP contribution in [-0.4, -0.2) is 78.0 Å². The molecule has 1 amide bonds. The molecule has 0 spiro atoms. The molecule has 5 nitrogen and oxygen atoms in total. The first-order valence-electron chi connectivity index (χ1n) is 7.66. The van der Waals surface area contributed by atoms with Crippen molar-refractivity contribution in [3.05, 3.63) is 0 Å². The Hall–Kier alpha value is -0.720. The molecule has 0 aromatic heterocycles. The molecule has 0 radical (unpaired) electrons. The van der Waals surface area contributed by atoms with Crippen LogP contribution >= 0.6 is 12.2 Å². The second-order valence-electron chi connectivity index (χ2n) is 5.81. The molecule has 2 heterocycles. The fourth-order valence-electron chi connectivity index (χ4n) is 2.94. The number of carbonyl (C=O) groups excluding carboxylic acids is 1. The summed E-state index contributed by atoms with van der Waals surface area (Å²) >= 11 is 4.94. The molecule has 2 aliphatic heterocycles. The third kappa shape index (κ3) is 5.00. The average Bonchev–Trinajstić information content (AvgIpc) is 2.69. The molecule has 0 saturated carbocycles. The topological polar surface area (TPSA) is 52.8 Å². The van der Waals surface area contributed by atoms with E-state index < -0.39 is 0 Å². The molecule has 0 aromatic rings. The first-order chi connectivity index (χ1) is 9.65. The molecular formula is C14H26N4OS. The highest BCUT2D eigenvalue weighted by Crippen LogP contribution is 2.10. The van der Waals surface area contributed by atoms with Gasteiger partial charge in [0, 0.05) is 45.8 Å².